The summed E-state index contributed by atoms with van der Waals surface area (Å²) in [5, 5.41) is 33.5. The molecule has 11 heteroatoms. The van der Waals surface area contributed by atoms with Crippen molar-refractivity contribution in [3.63, 3.8) is 0 Å². The second-order valence-corrected chi connectivity index (χ2v) is 10.8. The third kappa shape index (κ3) is 3.36. The number of likely N-dealkylation sites (N-methyl/N-ethyl adjacent to an activating group) is 1. The van der Waals surface area contributed by atoms with E-state index in [0.29, 0.717) is 23.7 Å². The summed E-state index contributed by atoms with van der Waals surface area (Å²) in [5.74, 6) is 1.22. The van der Waals surface area contributed by atoms with Gasteiger partial charge in [0.05, 0.1) is 31.9 Å². The minimum Gasteiger partial charge on any atom is -0.493 e. The van der Waals surface area contributed by atoms with Crippen molar-refractivity contribution >= 4 is 5.78 Å². The third-order valence-corrected chi connectivity index (χ3v) is 9.05. The molecule has 0 aromatic heterocycles. The van der Waals surface area contributed by atoms with Gasteiger partial charge < -0.3 is 33.9 Å². The predicted octanol–water partition coefficient (Wildman–Crippen LogP) is 1.07. The lowest BCUT2D eigenvalue weighted by atomic mass is 9.65. The summed E-state index contributed by atoms with van der Waals surface area (Å²) < 4.78 is 28.5. The van der Waals surface area contributed by atoms with Gasteiger partial charge in [-0.1, -0.05) is 6.07 Å². The maximum atomic E-state index is 13.7. The summed E-state index contributed by atoms with van der Waals surface area (Å²) in [4.78, 5) is 17.9. The van der Waals surface area contributed by atoms with Crippen LogP contribution in [0.4, 0.5) is 0 Å². The largest absolute Gasteiger partial charge is 0.493 e. The fourth-order valence-corrected chi connectivity index (χ4v) is 7.55. The Morgan fingerprint density at radius 1 is 1.21 bits per heavy atom. The minimum atomic E-state index is -1.93. The number of Topliss-reactive ketones (excluding diaryl/α,β-unsaturated/α-hetero) is 1. The first-order valence-corrected chi connectivity index (χ1v) is 13.0. The fraction of sp³-hybridized carbons (Fsp3) is 0.571. The summed E-state index contributed by atoms with van der Waals surface area (Å²) in [5.41, 5.74) is 1.40. The maximum absolute atomic E-state index is 13.7. The van der Waals surface area contributed by atoms with E-state index in [1.54, 1.807) is 21.1 Å². The molecule has 0 saturated carbocycles. The van der Waals surface area contributed by atoms with Crippen LogP contribution in [-0.4, -0.2) is 97.0 Å². The molecule has 3 saturated heterocycles. The van der Waals surface area contributed by atoms with Crippen molar-refractivity contribution < 1.29 is 38.7 Å². The van der Waals surface area contributed by atoms with Crippen molar-refractivity contribution in [1.29, 1.82) is 5.26 Å². The molecule has 2 N–H and O–H groups in total. The van der Waals surface area contributed by atoms with E-state index in [0.717, 1.165) is 16.7 Å². The van der Waals surface area contributed by atoms with E-state index in [4.69, 9.17) is 23.7 Å². The van der Waals surface area contributed by atoms with Crippen LogP contribution in [0, 0.1) is 18.3 Å². The molecule has 11 nitrogen and oxygen atoms in total. The topological polar surface area (TPSA) is 134 Å². The average Bonchev–Trinajstić information content (AvgIpc) is 3.40. The van der Waals surface area contributed by atoms with Crippen molar-refractivity contribution in [2.24, 2.45) is 0 Å². The van der Waals surface area contributed by atoms with E-state index < -0.39 is 36.1 Å². The molecule has 2 bridgehead atoms. The zero-order valence-electron chi connectivity index (χ0n) is 22.7. The van der Waals surface area contributed by atoms with Crippen LogP contribution >= 0.6 is 0 Å². The van der Waals surface area contributed by atoms with Crippen LogP contribution in [0.2, 0.25) is 0 Å². The number of nitriles is 1. The van der Waals surface area contributed by atoms with Gasteiger partial charge in [0.2, 0.25) is 6.79 Å². The van der Waals surface area contributed by atoms with Crippen LogP contribution in [-0.2, 0) is 25.4 Å². The van der Waals surface area contributed by atoms with E-state index in [1.807, 2.05) is 18.9 Å². The van der Waals surface area contributed by atoms with Gasteiger partial charge in [-0.25, -0.2) is 0 Å². The van der Waals surface area contributed by atoms with Gasteiger partial charge in [-0.05, 0) is 38.4 Å². The average molecular weight is 540 g/mol. The third-order valence-electron chi connectivity index (χ3n) is 9.05. The summed E-state index contributed by atoms with van der Waals surface area (Å²) in [6.07, 6.45) is 0.559. The molecule has 1 unspecified atom stereocenters. The smallest absolute Gasteiger partial charge is 0.231 e. The molecule has 0 amide bonds. The Morgan fingerprint density at radius 2 is 1.95 bits per heavy atom. The maximum Gasteiger partial charge on any atom is 0.231 e. The molecule has 3 fully saturated rings. The molecule has 6 atom stereocenters. The molecule has 1 aromatic carbocycles. The van der Waals surface area contributed by atoms with Gasteiger partial charge in [-0.2, -0.15) is 5.26 Å². The SMILES string of the molecule is COCOc1c(OC)c(C)cc2c1[C@@H]1[C@@H]3CC4(O)C(=O)C(C)=C5OCOC5=C4[C@H](CO)N3[C@@H](C#N)[C@H](C2)N1C. The zero-order chi connectivity index (χ0) is 27.8. The summed E-state index contributed by atoms with van der Waals surface area (Å²) in [6.45, 7) is 3.06. The van der Waals surface area contributed by atoms with Crippen LogP contribution in [0.15, 0.2) is 28.7 Å². The van der Waals surface area contributed by atoms with E-state index in [2.05, 4.69) is 17.0 Å². The van der Waals surface area contributed by atoms with Crippen molar-refractivity contribution in [2.75, 3.05) is 41.5 Å². The molecule has 1 aromatic rings. The molecule has 39 heavy (non-hydrogen) atoms. The Balaban J connectivity index is 1.59. The molecule has 0 radical (unpaired) electrons. The molecule has 4 heterocycles. The summed E-state index contributed by atoms with van der Waals surface area (Å²) >= 11 is 0. The number of fused-ring (bicyclic) bond motifs is 8. The lowest BCUT2D eigenvalue weighted by Crippen LogP contribution is -2.74. The van der Waals surface area contributed by atoms with E-state index in [9.17, 15) is 20.3 Å². The Kier molecular flexibility index (Phi) is 6.17. The Morgan fingerprint density at radius 3 is 2.62 bits per heavy atom. The lowest BCUT2D eigenvalue weighted by molar-refractivity contribution is -0.150. The molecule has 208 valence electrons. The molecule has 5 aliphatic rings. The first-order chi connectivity index (χ1) is 18.7. The van der Waals surface area contributed by atoms with Gasteiger partial charge in [-0.3, -0.25) is 14.6 Å². The van der Waals surface area contributed by atoms with E-state index in [-0.39, 0.29) is 49.0 Å². The van der Waals surface area contributed by atoms with E-state index >= 15 is 0 Å². The summed E-state index contributed by atoms with van der Waals surface area (Å²) in [7, 11) is 5.09. The molecular weight excluding hydrogens is 506 g/mol. The number of nitrogens with zero attached hydrogens (tertiary/aromatic N) is 3. The van der Waals surface area contributed by atoms with Gasteiger partial charge in [0.25, 0.3) is 0 Å². The molecule has 6 rings (SSSR count). The van der Waals surface area contributed by atoms with Crippen molar-refractivity contribution in [2.45, 2.75) is 62.5 Å². The van der Waals surface area contributed by atoms with Gasteiger partial charge >= 0.3 is 0 Å². The first kappa shape index (κ1) is 26.1. The highest BCUT2D eigenvalue weighted by molar-refractivity contribution is 6.06. The zero-order valence-corrected chi connectivity index (χ0v) is 22.7. The second-order valence-electron chi connectivity index (χ2n) is 10.8. The molecular formula is C28H33N3O8. The Bertz CT molecular complexity index is 1350. The highest BCUT2D eigenvalue weighted by Gasteiger charge is 2.64. The number of ether oxygens (including phenoxy) is 5. The number of piperidine rings is 1. The number of piperazine rings is 1. The van der Waals surface area contributed by atoms with Crippen molar-refractivity contribution in [3.05, 3.63) is 45.4 Å². The van der Waals surface area contributed by atoms with Gasteiger partial charge in [-0.15, -0.1) is 0 Å². The number of carbonyl (C=O) groups excluding carboxylic acids is 1. The Labute approximate surface area is 226 Å². The monoisotopic (exact) mass is 539 g/mol. The minimum absolute atomic E-state index is 0.00333. The standard InChI is InChI=1S/C28H33N3O8/c1-13-6-15-7-16-18(9-29)31-17(22(30(16)3)20(15)25(23(13)36-5)37-11-35-4)8-28(34)21(19(31)10-32)26-24(38-12-39-26)14(2)27(28)33/h6,16-19,22,32,34H,7-8,10-12H2,1-5H3/t16-,17-,18-,19-,22-,28?/m0/s1. The van der Waals surface area contributed by atoms with Gasteiger partial charge in [0.15, 0.2) is 41.2 Å². The lowest BCUT2D eigenvalue weighted by Gasteiger charge is -2.62. The fourth-order valence-electron chi connectivity index (χ4n) is 7.55. The molecule has 0 spiro atoms. The quantitative estimate of drug-likeness (QED) is 0.521. The number of hydrogen-bond donors (Lipinski definition) is 2. The predicted molar refractivity (Wildman–Crippen MR) is 135 cm³/mol. The van der Waals surface area contributed by atoms with E-state index in [1.165, 1.54) is 0 Å². The summed E-state index contributed by atoms with van der Waals surface area (Å²) in [6, 6.07) is 1.96. The second kappa shape index (κ2) is 9.21. The Hall–Kier alpha value is -3.14. The highest BCUT2D eigenvalue weighted by Crippen LogP contribution is 2.56. The number of hydrogen-bond acceptors (Lipinski definition) is 11. The van der Waals surface area contributed by atoms with Gasteiger partial charge in [0.1, 0.15) is 6.04 Å². The number of ketones is 1. The number of methoxy groups -OCH3 is 2. The number of aliphatic hydroxyl groups is 2. The molecule has 4 aliphatic heterocycles. The number of benzene rings is 1. The van der Waals surface area contributed by atoms with Crippen LogP contribution < -0.4 is 9.47 Å². The first-order valence-electron chi connectivity index (χ1n) is 13.0. The number of aliphatic hydroxyl groups excluding tert-OH is 1. The van der Waals surface area contributed by atoms with Crippen molar-refractivity contribution in [3.8, 4) is 17.6 Å². The number of carbonyl (C=O) groups is 1. The van der Waals surface area contributed by atoms with Crippen LogP contribution in [0.25, 0.3) is 0 Å². The number of rotatable bonds is 5. The van der Waals surface area contributed by atoms with Crippen LogP contribution in [0.3, 0.4) is 0 Å². The van der Waals surface area contributed by atoms with Crippen LogP contribution in [0.1, 0.15) is 36.1 Å². The van der Waals surface area contributed by atoms with Crippen molar-refractivity contribution in [1.82, 2.24) is 9.80 Å². The van der Waals surface area contributed by atoms with Gasteiger partial charge in [0, 0.05) is 42.3 Å². The highest BCUT2D eigenvalue weighted by atomic mass is 16.7. The van der Waals surface area contributed by atoms with Crippen LogP contribution in [0.5, 0.6) is 11.5 Å². The molecule has 1 aliphatic carbocycles. The normalized spacial score (nSPS) is 33.4. The number of aryl methyl sites for hydroxylation is 1.